The second-order valence-electron chi connectivity index (χ2n) is 6.47. The molecule has 3 aromatic rings. The summed E-state index contributed by atoms with van der Waals surface area (Å²) < 4.78 is 41.7. The van der Waals surface area contributed by atoms with Crippen LogP contribution in [-0.2, 0) is 10.0 Å². The number of benzene rings is 1. The van der Waals surface area contributed by atoms with Crippen molar-refractivity contribution in [3.05, 3.63) is 35.7 Å². The van der Waals surface area contributed by atoms with Gasteiger partial charge in [0.1, 0.15) is 27.4 Å². The Balaban J connectivity index is 1.75. The van der Waals surface area contributed by atoms with Gasteiger partial charge in [-0.3, -0.25) is 0 Å². The molecule has 1 aliphatic rings. The molecule has 0 spiro atoms. The van der Waals surface area contributed by atoms with Gasteiger partial charge in [0.25, 0.3) is 0 Å². The van der Waals surface area contributed by atoms with E-state index in [0.29, 0.717) is 23.3 Å². The first-order chi connectivity index (χ1) is 12.0. The molecule has 0 aliphatic carbocycles. The zero-order valence-electron chi connectivity index (χ0n) is 13.9. The van der Waals surface area contributed by atoms with Gasteiger partial charge in [0, 0.05) is 18.5 Å². The lowest BCUT2D eigenvalue weighted by Gasteiger charge is -2.22. The number of nitrogens with zero attached hydrogens (tertiary/aromatic N) is 4. The average Bonchev–Trinajstić information content (AvgIpc) is 3.31. The van der Waals surface area contributed by atoms with Crippen LogP contribution < -0.4 is 0 Å². The molecule has 1 saturated heterocycles. The second kappa shape index (κ2) is 6.15. The van der Waals surface area contributed by atoms with E-state index < -0.39 is 10.0 Å². The van der Waals surface area contributed by atoms with E-state index >= 15 is 0 Å². The molecule has 2 aromatic heterocycles. The van der Waals surface area contributed by atoms with Crippen molar-refractivity contribution in [3.8, 4) is 0 Å². The van der Waals surface area contributed by atoms with Crippen molar-refractivity contribution >= 4 is 32.8 Å². The highest BCUT2D eigenvalue weighted by Crippen LogP contribution is 2.38. The lowest BCUT2D eigenvalue weighted by atomic mass is 10.1. The third-order valence-corrected chi connectivity index (χ3v) is 6.98. The zero-order valence-corrected chi connectivity index (χ0v) is 15.5. The minimum absolute atomic E-state index is 0.207. The molecule has 25 heavy (non-hydrogen) atoms. The summed E-state index contributed by atoms with van der Waals surface area (Å²) in [7, 11) is -3.69. The third-order valence-electron chi connectivity index (χ3n) is 4.50. The molecule has 7 nitrogen and oxygen atoms in total. The summed E-state index contributed by atoms with van der Waals surface area (Å²) in [6.07, 6.45) is 1.52. The van der Waals surface area contributed by atoms with Gasteiger partial charge in [0.05, 0.1) is 17.8 Å². The molecule has 1 aromatic carbocycles. The normalized spacial score (nSPS) is 19.2. The van der Waals surface area contributed by atoms with Crippen molar-refractivity contribution in [1.29, 1.82) is 0 Å². The average molecular weight is 378 g/mol. The molecule has 1 atom stereocenters. The first-order valence-electron chi connectivity index (χ1n) is 8.18. The molecule has 0 unspecified atom stereocenters. The summed E-state index contributed by atoms with van der Waals surface area (Å²) in [4.78, 5) is 0.207. The predicted octanol–water partition coefficient (Wildman–Crippen LogP) is 3.33. The lowest BCUT2D eigenvalue weighted by molar-refractivity contribution is 0.338. The fourth-order valence-corrected chi connectivity index (χ4v) is 5.60. The first kappa shape index (κ1) is 16.6. The molecule has 0 radical (unpaired) electrons. The van der Waals surface area contributed by atoms with Crippen LogP contribution in [0, 0.1) is 0 Å². The van der Waals surface area contributed by atoms with E-state index in [2.05, 4.69) is 13.9 Å². The maximum Gasteiger partial charge on any atom is 0.245 e. The molecule has 132 valence electrons. The van der Waals surface area contributed by atoms with Gasteiger partial charge in [-0.2, -0.15) is 13.1 Å². The van der Waals surface area contributed by atoms with Crippen LogP contribution in [0.3, 0.4) is 0 Å². The number of rotatable bonds is 4. The van der Waals surface area contributed by atoms with Gasteiger partial charge in [-0.15, -0.1) is 0 Å². The number of hydrogen-bond acceptors (Lipinski definition) is 7. The maximum absolute atomic E-state index is 13.3. The number of hydrogen-bond donors (Lipinski definition) is 0. The van der Waals surface area contributed by atoms with E-state index in [0.717, 1.165) is 30.3 Å². The Labute approximate surface area is 150 Å². The van der Waals surface area contributed by atoms with Gasteiger partial charge in [-0.1, -0.05) is 25.1 Å². The smallest absolute Gasteiger partial charge is 0.245 e. The summed E-state index contributed by atoms with van der Waals surface area (Å²) in [6.45, 7) is 4.50. The Hall–Kier alpha value is -1.84. The van der Waals surface area contributed by atoms with E-state index in [1.54, 1.807) is 18.2 Å². The van der Waals surface area contributed by atoms with E-state index in [9.17, 15) is 8.42 Å². The van der Waals surface area contributed by atoms with Gasteiger partial charge >= 0.3 is 0 Å². The fourth-order valence-electron chi connectivity index (χ4n) is 3.17. The number of aromatic nitrogens is 3. The molecule has 1 aliphatic heterocycles. The molecule has 4 rings (SSSR count). The fraction of sp³-hybridized carbons (Fsp3) is 0.438. The zero-order chi connectivity index (χ0) is 17.6. The van der Waals surface area contributed by atoms with Crippen LogP contribution >= 0.6 is 11.7 Å². The maximum atomic E-state index is 13.3. The third kappa shape index (κ3) is 2.76. The van der Waals surface area contributed by atoms with E-state index in [-0.39, 0.29) is 16.9 Å². The highest BCUT2D eigenvalue weighted by molar-refractivity contribution is 7.89. The Morgan fingerprint density at radius 3 is 2.92 bits per heavy atom. The van der Waals surface area contributed by atoms with Crippen LogP contribution in [0.4, 0.5) is 0 Å². The molecule has 3 heterocycles. The highest BCUT2D eigenvalue weighted by Gasteiger charge is 2.39. The Kier molecular flexibility index (Phi) is 4.09. The molecule has 0 saturated carbocycles. The molecular weight excluding hydrogens is 360 g/mol. The summed E-state index contributed by atoms with van der Waals surface area (Å²) >= 11 is 1.02. The molecule has 9 heteroatoms. The number of fused-ring (bicyclic) bond motifs is 1. The molecule has 1 fully saturated rings. The monoisotopic (exact) mass is 378 g/mol. The van der Waals surface area contributed by atoms with Crippen LogP contribution in [0.15, 0.2) is 33.7 Å². The quantitative estimate of drug-likeness (QED) is 0.692. The topological polar surface area (TPSA) is 89.2 Å². The molecule has 0 bridgehead atoms. The van der Waals surface area contributed by atoms with Crippen LogP contribution in [0.25, 0.3) is 11.0 Å². The van der Waals surface area contributed by atoms with Crippen LogP contribution in [0.2, 0.25) is 0 Å². The highest BCUT2D eigenvalue weighted by atomic mass is 32.2. The van der Waals surface area contributed by atoms with Crippen molar-refractivity contribution < 1.29 is 12.9 Å². The van der Waals surface area contributed by atoms with Crippen molar-refractivity contribution in [2.45, 2.75) is 43.5 Å². The summed E-state index contributed by atoms with van der Waals surface area (Å²) in [5, 5.41) is 4.12. The Morgan fingerprint density at radius 1 is 1.32 bits per heavy atom. The van der Waals surface area contributed by atoms with Crippen LogP contribution in [0.1, 0.15) is 50.1 Å². The minimum Gasteiger partial charge on any atom is -0.361 e. The molecule has 0 N–H and O–H groups in total. The van der Waals surface area contributed by atoms with Gasteiger partial charge < -0.3 is 4.52 Å². The molecular formula is C16H18N4O3S2. The van der Waals surface area contributed by atoms with E-state index in [4.69, 9.17) is 4.52 Å². The number of sulfonamides is 1. The van der Waals surface area contributed by atoms with Crippen LogP contribution in [-0.4, -0.2) is 33.2 Å². The van der Waals surface area contributed by atoms with Crippen molar-refractivity contribution in [3.63, 3.8) is 0 Å². The Morgan fingerprint density at radius 2 is 2.16 bits per heavy atom. The van der Waals surface area contributed by atoms with Gasteiger partial charge in [0.15, 0.2) is 0 Å². The standard InChI is InChI=1S/C16H18N4O3S2/c1-10(2)14-9-12(17-23-14)13-6-4-8-20(13)25(21,22)15-7-3-5-11-16(15)19-24-18-11/h3,5,7,9-10,13H,4,6,8H2,1-2H3/t13-/m1/s1. The van der Waals surface area contributed by atoms with Gasteiger partial charge in [-0.05, 0) is 25.0 Å². The van der Waals surface area contributed by atoms with Crippen molar-refractivity contribution in [2.24, 2.45) is 0 Å². The summed E-state index contributed by atoms with van der Waals surface area (Å²) in [6, 6.07) is 6.63. The largest absolute Gasteiger partial charge is 0.361 e. The van der Waals surface area contributed by atoms with Crippen LogP contribution in [0.5, 0.6) is 0 Å². The van der Waals surface area contributed by atoms with E-state index in [1.807, 2.05) is 19.9 Å². The van der Waals surface area contributed by atoms with Gasteiger partial charge in [-0.25, -0.2) is 8.42 Å². The van der Waals surface area contributed by atoms with Gasteiger partial charge in [0.2, 0.25) is 10.0 Å². The van der Waals surface area contributed by atoms with E-state index in [1.165, 1.54) is 4.31 Å². The SMILES string of the molecule is CC(C)c1cc([C@H]2CCCN2S(=O)(=O)c2cccc3nsnc23)no1. The second-order valence-corrected chi connectivity index (χ2v) is 8.86. The lowest BCUT2D eigenvalue weighted by Crippen LogP contribution is -2.31. The summed E-state index contributed by atoms with van der Waals surface area (Å²) in [5.41, 5.74) is 1.71. The molecule has 0 amide bonds. The Bertz CT molecular complexity index is 1010. The predicted molar refractivity (Wildman–Crippen MR) is 93.9 cm³/mol. The van der Waals surface area contributed by atoms with Crippen molar-refractivity contribution in [2.75, 3.05) is 6.54 Å². The van der Waals surface area contributed by atoms with Crippen molar-refractivity contribution in [1.82, 2.24) is 18.2 Å². The first-order valence-corrected chi connectivity index (χ1v) is 10.3. The summed E-state index contributed by atoms with van der Waals surface area (Å²) in [5.74, 6) is 0.979. The minimum atomic E-state index is -3.69.